The minimum absolute atomic E-state index is 0.844. The molecule has 0 fully saturated rings. The Hall–Kier alpha value is -1.51. The summed E-state index contributed by atoms with van der Waals surface area (Å²) in [6, 6.07) is 4.30. The molecule has 2 aliphatic rings. The molecule has 0 bridgehead atoms. The van der Waals surface area contributed by atoms with Crippen molar-refractivity contribution in [3.05, 3.63) is 23.3 Å². The zero-order valence-electron chi connectivity index (χ0n) is 11.2. The maximum atomic E-state index is 5.43. The van der Waals surface area contributed by atoms with E-state index in [2.05, 4.69) is 16.7 Å². The van der Waals surface area contributed by atoms with Crippen molar-refractivity contribution in [1.82, 2.24) is 0 Å². The second kappa shape index (κ2) is 4.63. The fourth-order valence-corrected chi connectivity index (χ4v) is 3.09. The van der Waals surface area contributed by atoms with Crippen molar-refractivity contribution >= 4 is 5.71 Å². The lowest BCUT2D eigenvalue weighted by molar-refractivity contribution is -0.533. The minimum atomic E-state index is 0.844. The predicted octanol–water partition coefficient (Wildman–Crippen LogP) is 2.25. The Balaban J connectivity index is 2.12. The molecular formula is C15H20NO2+. The van der Waals surface area contributed by atoms with Gasteiger partial charge in [-0.25, -0.2) is 4.58 Å². The summed E-state index contributed by atoms with van der Waals surface area (Å²) >= 11 is 0. The average Bonchev–Trinajstić information content (AvgIpc) is 2.45. The summed E-state index contributed by atoms with van der Waals surface area (Å²) in [6.07, 6.45) is 4.94. The third-order valence-electron chi connectivity index (χ3n) is 4.04. The molecule has 0 radical (unpaired) electrons. The Kier molecular flexibility index (Phi) is 2.98. The highest BCUT2D eigenvalue weighted by Crippen LogP contribution is 2.33. The van der Waals surface area contributed by atoms with Gasteiger partial charge in [0.2, 0.25) is 0 Å². The van der Waals surface area contributed by atoms with E-state index < -0.39 is 0 Å². The summed E-state index contributed by atoms with van der Waals surface area (Å²) in [5.41, 5.74) is 4.28. The lowest BCUT2D eigenvalue weighted by Gasteiger charge is -2.23. The van der Waals surface area contributed by atoms with Crippen molar-refractivity contribution in [1.29, 1.82) is 0 Å². The normalized spacial score (nSPS) is 18.1. The van der Waals surface area contributed by atoms with Crippen LogP contribution in [0.4, 0.5) is 0 Å². The molecule has 0 spiro atoms. The van der Waals surface area contributed by atoms with E-state index in [4.69, 9.17) is 9.47 Å². The molecule has 2 aliphatic heterocycles. The molecular weight excluding hydrogens is 226 g/mol. The molecule has 0 atom stereocenters. The van der Waals surface area contributed by atoms with Crippen LogP contribution in [0.2, 0.25) is 0 Å². The third-order valence-corrected chi connectivity index (χ3v) is 4.04. The Morgan fingerprint density at radius 1 is 0.944 bits per heavy atom. The fraction of sp³-hybridized carbons (Fsp3) is 0.533. The number of fused-ring (bicyclic) bond motifs is 2. The first kappa shape index (κ1) is 11.6. The first-order valence-electron chi connectivity index (χ1n) is 6.69. The summed E-state index contributed by atoms with van der Waals surface area (Å²) in [7, 11) is 3.41. The smallest absolute Gasteiger partial charge is 0.183 e. The van der Waals surface area contributed by atoms with E-state index in [-0.39, 0.29) is 0 Å². The predicted molar refractivity (Wildman–Crippen MR) is 71.2 cm³/mol. The van der Waals surface area contributed by atoms with Crippen LogP contribution in [-0.2, 0) is 6.42 Å². The molecule has 3 nitrogen and oxygen atoms in total. The van der Waals surface area contributed by atoms with Gasteiger partial charge >= 0.3 is 0 Å². The van der Waals surface area contributed by atoms with E-state index in [0.29, 0.717) is 0 Å². The summed E-state index contributed by atoms with van der Waals surface area (Å²) in [6.45, 7) is 2.36. The quantitative estimate of drug-likeness (QED) is 0.746. The number of ether oxygens (including phenoxy) is 2. The molecule has 0 N–H and O–H groups in total. The molecule has 0 aromatic heterocycles. The molecule has 0 saturated heterocycles. The molecule has 0 aliphatic carbocycles. The Morgan fingerprint density at radius 3 is 2.50 bits per heavy atom. The summed E-state index contributed by atoms with van der Waals surface area (Å²) in [5, 5.41) is 0. The molecule has 0 unspecified atom stereocenters. The molecule has 18 heavy (non-hydrogen) atoms. The highest BCUT2D eigenvalue weighted by molar-refractivity contribution is 5.99. The van der Waals surface area contributed by atoms with Gasteiger partial charge in [-0.1, -0.05) is 0 Å². The van der Waals surface area contributed by atoms with Crippen molar-refractivity contribution in [3.8, 4) is 11.5 Å². The number of benzene rings is 1. The van der Waals surface area contributed by atoms with E-state index in [0.717, 1.165) is 24.5 Å². The van der Waals surface area contributed by atoms with Gasteiger partial charge in [0.1, 0.15) is 13.1 Å². The van der Waals surface area contributed by atoms with E-state index in [1.54, 1.807) is 14.2 Å². The summed E-state index contributed by atoms with van der Waals surface area (Å²) in [4.78, 5) is 0. The van der Waals surface area contributed by atoms with Gasteiger partial charge in [-0.3, -0.25) is 0 Å². The van der Waals surface area contributed by atoms with Crippen molar-refractivity contribution in [2.24, 2.45) is 0 Å². The van der Waals surface area contributed by atoms with Crippen LogP contribution >= 0.6 is 0 Å². The van der Waals surface area contributed by atoms with Gasteiger partial charge in [0.05, 0.1) is 14.2 Å². The zero-order valence-corrected chi connectivity index (χ0v) is 11.2. The lowest BCUT2D eigenvalue weighted by Crippen LogP contribution is -2.33. The Morgan fingerprint density at radius 2 is 1.72 bits per heavy atom. The zero-order chi connectivity index (χ0) is 12.5. The van der Waals surface area contributed by atoms with Gasteiger partial charge in [0.25, 0.3) is 0 Å². The van der Waals surface area contributed by atoms with Crippen LogP contribution in [0.3, 0.4) is 0 Å². The second-order valence-electron chi connectivity index (χ2n) is 5.01. The van der Waals surface area contributed by atoms with Crippen LogP contribution < -0.4 is 9.47 Å². The average molecular weight is 246 g/mol. The first-order chi connectivity index (χ1) is 8.83. The van der Waals surface area contributed by atoms with Gasteiger partial charge < -0.3 is 9.47 Å². The van der Waals surface area contributed by atoms with Gasteiger partial charge in [-0.2, -0.15) is 0 Å². The van der Waals surface area contributed by atoms with E-state index >= 15 is 0 Å². The Labute approximate surface area is 108 Å². The highest BCUT2D eigenvalue weighted by Gasteiger charge is 2.29. The summed E-state index contributed by atoms with van der Waals surface area (Å²) in [5.74, 6) is 1.69. The lowest BCUT2D eigenvalue weighted by atomic mass is 9.91. The molecule has 1 aromatic carbocycles. The highest BCUT2D eigenvalue weighted by atomic mass is 16.5. The number of rotatable bonds is 2. The largest absolute Gasteiger partial charge is 0.493 e. The van der Waals surface area contributed by atoms with Crippen LogP contribution in [0.25, 0.3) is 0 Å². The van der Waals surface area contributed by atoms with Crippen LogP contribution in [0.5, 0.6) is 11.5 Å². The van der Waals surface area contributed by atoms with E-state index in [9.17, 15) is 0 Å². The topological polar surface area (TPSA) is 21.5 Å². The third kappa shape index (κ3) is 1.78. The SMILES string of the molecule is COc1cc2c(cc1OC)C1=[N+](CCCC1)CC2. The van der Waals surface area contributed by atoms with Gasteiger partial charge in [0, 0.05) is 24.8 Å². The maximum Gasteiger partial charge on any atom is 0.183 e. The van der Waals surface area contributed by atoms with E-state index in [1.165, 1.54) is 42.6 Å². The van der Waals surface area contributed by atoms with Crippen LogP contribution in [-0.4, -0.2) is 37.6 Å². The van der Waals surface area contributed by atoms with Crippen molar-refractivity contribution in [2.75, 3.05) is 27.3 Å². The van der Waals surface area contributed by atoms with Gasteiger partial charge in [-0.15, -0.1) is 0 Å². The molecule has 96 valence electrons. The molecule has 2 heterocycles. The number of nitrogens with zero attached hydrogens (tertiary/aromatic N) is 1. The number of methoxy groups -OCH3 is 2. The van der Waals surface area contributed by atoms with Crippen LogP contribution in [0.15, 0.2) is 12.1 Å². The van der Waals surface area contributed by atoms with Gasteiger partial charge in [-0.05, 0) is 24.1 Å². The maximum absolute atomic E-state index is 5.43. The monoisotopic (exact) mass is 246 g/mol. The minimum Gasteiger partial charge on any atom is -0.493 e. The second-order valence-corrected chi connectivity index (χ2v) is 5.01. The molecule has 0 saturated carbocycles. The van der Waals surface area contributed by atoms with Crippen molar-refractivity contribution in [3.63, 3.8) is 0 Å². The molecule has 3 heteroatoms. The molecule has 0 amide bonds. The summed E-state index contributed by atoms with van der Waals surface area (Å²) < 4.78 is 13.4. The van der Waals surface area contributed by atoms with Crippen LogP contribution in [0, 0.1) is 0 Å². The molecule has 3 rings (SSSR count). The Bertz CT molecular complexity index is 505. The number of hydrogen-bond acceptors (Lipinski definition) is 2. The fourth-order valence-electron chi connectivity index (χ4n) is 3.09. The van der Waals surface area contributed by atoms with Crippen LogP contribution in [0.1, 0.15) is 30.4 Å². The van der Waals surface area contributed by atoms with Crippen molar-refractivity contribution in [2.45, 2.75) is 25.7 Å². The number of hydrogen-bond donors (Lipinski definition) is 0. The first-order valence-corrected chi connectivity index (χ1v) is 6.69. The van der Waals surface area contributed by atoms with E-state index in [1.807, 2.05) is 0 Å². The van der Waals surface area contributed by atoms with Crippen molar-refractivity contribution < 1.29 is 14.0 Å². The van der Waals surface area contributed by atoms with Gasteiger partial charge in [0.15, 0.2) is 17.2 Å². The molecule has 1 aromatic rings. The standard InChI is InChI=1S/C15H20NO2/c1-17-14-9-11-6-8-16-7-4-3-5-13(16)12(11)10-15(14)18-2/h9-10H,3-8H2,1-2H3/q+1.